The van der Waals surface area contributed by atoms with Crippen molar-refractivity contribution in [2.75, 3.05) is 0 Å². The Labute approximate surface area is 143 Å². The fourth-order valence-electron chi connectivity index (χ4n) is 6.33. The monoisotopic (exact) mass is 330 g/mol. The van der Waals surface area contributed by atoms with Crippen molar-refractivity contribution in [3.63, 3.8) is 0 Å². The van der Waals surface area contributed by atoms with Gasteiger partial charge in [0.1, 0.15) is 6.10 Å². The summed E-state index contributed by atoms with van der Waals surface area (Å²) in [6, 6.07) is 0. The van der Waals surface area contributed by atoms with Gasteiger partial charge in [-0.3, -0.25) is 14.4 Å². The van der Waals surface area contributed by atoms with E-state index in [1.807, 2.05) is 0 Å². The zero-order valence-electron chi connectivity index (χ0n) is 14.5. The van der Waals surface area contributed by atoms with Gasteiger partial charge < -0.3 is 4.74 Å². The van der Waals surface area contributed by atoms with Crippen LogP contribution in [0.2, 0.25) is 0 Å². The zero-order chi connectivity index (χ0) is 17.1. The summed E-state index contributed by atoms with van der Waals surface area (Å²) >= 11 is 0. The summed E-state index contributed by atoms with van der Waals surface area (Å²) in [5.41, 5.74) is 0.823. The summed E-state index contributed by atoms with van der Waals surface area (Å²) in [5, 5.41) is 0. The second kappa shape index (κ2) is 5.53. The molecule has 0 N–H and O–H groups in total. The first-order valence-electron chi connectivity index (χ1n) is 9.35. The van der Waals surface area contributed by atoms with Gasteiger partial charge in [-0.05, 0) is 61.9 Å². The fraction of sp³-hybridized carbons (Fsp3) is 0.750. The van der Waals surface area contributed by atoms with E-state index in [-0.39, 0.29) is 35.0 Å². The third kappa shape index (κ3) is 2.29. The number of carbonyl (C=O) groups is 3. The number of ether oxygens (including phenoxy) is 1. The summed E-state index contributed by atoms with van der Waals surface area (Å²) in [4.78, 5) is 35.9. The highest BCUT2D eigenvalue weighted by atomic mass is 16.5. The molecule has 24 heavy (non-hydrogen) atoms. The molecule has 4 nitrogen and oxygen atoms in total. The van der Waals surface area contributed by atoms with Crippen molar-refractivity contribution in [1.82, 2.24) is 0 Å². The lowest BCUT2D eigenvalue weighted by atomic mass is 9.52. The van der Waals surface area contributed by atoms with Crippen molar-refractivity contribution in [3.05, 3.63) is 11.6 Å². The van der Waals surface area contributed by atoms with Gasteiger partial charge in [0, 0.05) is 30.8 Å². The Morgan fingerprint density at radius 3 is 2.71 bits per heavy atom. The zero-order valence-corrected chi connectivity index (χ0v) is 14.5. The van der Waals surface area contributed by atoms with Crippen LogP contribution in [0.3, 0.4) is 0 Å². The van der Waals surface area contributed by atoms with E-state index < -0.39 is 0 Å². The standard InChI is InChI=1S/C20H26O4/c1-11(21)24-19-6-5-17-15-10-18(23)16-9-12(22)3-4-13(16)14(15)7-8-20(17,19)2/h9,13-15,17,19H,3-8,10H2,1-2H3/t13-,14-,15-,17+,19+,20+/m1/s1. The third-order valence-corrected chi connectivity index (χ3v) is 7.39. The highest BCUT2D eigenvalue weighted by Crippen LogP contribution is 2.61. The number of carbonyl (C=O) groups excluding carboxylic acids is 3. The molecule has 130 valence electrons. The van der Waals surface area contributed by atoms with Gasteiger partial charge in [-0.15, -0.1) is 0 Å². The molecule has 3 fully saturated rings. The largest absolute Gasteiger partial charge is 0.462 e. The van der Waals surface area contributed by atoms with E-state index in [0.717, 1.165) is 37.7 Å². The van der Waals surface area contributed by atoms with Gasteiger partial charge >= 0.3 is 5.97 Å². The maximum absolute atomic E-state index is 12.7. The summed E-state index contributed by atoms with van der Waals surface area (Å²) in [6.07, 6.45) is 7.75. The number of ketones is 2. The summed E-state index contributed by atoms with van der Waals surface area (Å²) in [5.74, 6) is 1.78. The molecule has 4 rings (SSSR count). The Balaban J connectivity index is 1.62. The van der Waals surface area contributed by atoms with Crippen LogP contribution in [0.15, 0.2) is 11.6 Å². The fourth-order valence-corrected chi connectivity index (χ4v) is 6.33. The Morgan fingerprint density at radius 2 is 1.96 bits per heavy atom. The van der Waals surface area contributed by atoms with Gasteiger partial charge in [-0.1, -0.05) is 6.92 Å². The second-order valence-corrected chi connectivity index (χ2v) is 8.49. The predicted molar refractivity (Wildman–Crippen MR) is 88.0 cm³/mol. The Kier molecular flexibility index (Phi) is 3.70. The quantitative estimate of drug-likeness (QED) is 0.693. The van der Waals surface area contributed by atoms with Crippen LogP contribution >= 0.6 is 0 Å². The molecule has 3 saturated carbocycles. The molecule has 0 amide bonds. The molecule has 0 unspecified atom stereocenters. The van der Waals surface area contributed by atoms with Gasteiger partial charge in [-0.25, -0.2) is 0 Å². The van der Waals surface area contributed by atoms with E-state index >= 15 is 0 Å². The number of Topliss-reactive ketones (excluding diaryl/α,β-unsaturated/α-hetero) is 1. The van der Waals surface area contributed by atoms with E-state index in [9.17, 15) is 14.4 Å². The van der Waals surface area contributed by atoms with Crippen molar-refractivity contribution in [1.29, 1.82) is 0 Å². The Hall–Kier alpha value is -1.45. The molecule has 0 radical (unpaired) electrons. The van der Waals surface area contributed by atoms with E-state index in [2.05, 4.69) is 6.92 Å². The number of hydrogen-bond donors (Lipinski definition) is 0. The third-order valence-electron chi connectivity index (χ3n) is 7.39. The maximum atomic E-state index is 12.7. The van der Waals surface area contributed by atoms with Crippen LogP contribution in [0.1, 0.15) is 58.8 Å². The number of rotatable bonds is 1. The summed E-state index contributed by atoms with van der Waals surface area (Å²) in [7, 11) is 0. The minimum absolute atomic E-state index is 0.000856. The van der Waals surface area contributed by atoms with Crippen molar-refractivity contribution in [3.8, 4) is 0 Å². The first-order chi connectivity index (χ1) is 11.4. The van der Waals surface area contributed by atoms with Crippen LogP contribution in [0.4, 0.5) is 0 Å². The van der Waals surface area contributed by atoms with Crippen molar-refractivity contribution >= 4 is 17.5 Å². The van der Waals surface area contributed by atoms with E-state index in [0.29, 0.717) is 30.6 Å². The minimum Gasteiger partial charge on any atom is -0.462 e. The Bertz CT molecular complexity index is 634. The maximum Gasteiger partial charge on any atom is 0.302 e. The highest BCUT2D eigenvalue weighted by molar-refractivity contribution is 6.05. The average molecular weight is 330 g/mol. The van der Waals surface area contributed by atoms with Crippen LogP contribution in [-0.4, -0.2) is 23.6 Å². The number of esters is 1. The molecule has 0 heterocycles. The SMILES string of the molecule is CC(=O)O[C@H]1CC[C@H]2[C@@H]3CC(=O)C4=CC(=O)CC[C@@H]4[C@H]3CC[C@]12C. The molecule has 0 spiro atoms. The number of hydrogen-bond acceptors (Lipinski definition) is 4. The summed E-state index contributed by atoms with van der Waals surface area (Å²) in [6.45, 7) is 3.75. The van der Waals surface area contributed by atoms with Gasteiger partial charge in [-0.2, -0.15) is 0 Å². The first-order valence-corrected chi connectivity index (χ1v) is 9.35. The molecule has 0 aromatic carbocycles. The molecule has 0 aromatic heterocycles. The topological polar surface area (TPSA) is 60.4 Å². The average Bonchev–Trinajstić information content (AvgIpc) is 2.84. The van der Waals surface area contributed by atoms with Crippen LogP contribution in [0.25, 0.3) is 0 Å². The molecule has 4 heteroatoms. The molecule has 6 atom stereocenters. The van der Waals surface area contributed by atoms with Gasteiger partial charge in [0.05, 0.1) is 0 Å². The molecule has 4 aliphatic rings. The van der Waals surface area contributed by atoms with Crippen molar-refractivity contribution in [2.45, 2.75) is 64.9 Å². The van der Waals surface area contributed by atoms with Crippen molar-refractivity contribution < 1.29 is 19.1 Å². The second-order valence-electron chi connectivity index (χ2n) is 8.49. The van der Waals surface area contributed by atoms with E-state index in [4.69, 9.17) is 4.74 Å². The Morgan fingerprint density at radius 1 is 1.17 bits per heavy atom. The van der Waals surface area contributed by atoms with Gasteiger partial charge in [0.2, 0.25) is 0 Å². The van der Waals surface area contributed by atoms with Gasteiger partial charge in [0.15, 0.2) is 11.6 Å². The highest BCUT2D eigenvalue weighted by Gasteiger charge is 2.58. The van der Waals surface area contributed by atoms with Crippen LogP contribution < -0.4 is 0 Å². The molecule has 0 saturated heterocycles. The van der Waals surface area contributed by atoms with Crippen LogP contribution in [-0.2, 0) is 19.1 Å². The van der Waals surface area contributed by atoms with Crippen molar-refractivity contribution in [2.24, 2.45) is 29.1 Å². The smallest absolute Gasteiger partial charge is 0.302 e. The first kappa shape index (κ1) is 16.0. The van der Waals surface area contributed by atoms with Crippen LogP contribution in [0, 0.1) is 29.1 Å². The molecular weight excluding hydrogens is 304 g/mol. The van der Waals surface area contributed by atoms with Crippen LogP contribution in [0.5, 0.6) is 0 Å². The summed E-state index contributed by atoms with van der Waals surface area (Å²) < 4.78 is 5.63. The number of fused-ring (bicyclic) bond motifs is 5. The lowest BCUT2D eigenvalue weighted by Crippen LogP contribution is -2.50. The number of allylic oxidation sites excluding steroid dienone is 1. The molecule has 0 aliphatic heterocycles. The van der Waals surface area contributed by atoms with E-state index in [1.165, 1.54) is 6.92 Å². The molecule has 0 aromatic rings. The molecular formula is C20H26O4. The lowest BCUT2D eigenvalue weighted by Gasteiger charge is -2.52. The lowest BCUT2D eigenvalue weighted by molar-refractivity contribution is -0.156. The molecule has 0 bridgehead atoms. The minimum atomic E-state index is -0.195. The normalized spacial score (nSPS) is 44.2. The van der Waals surface area contributed by atoms with Gasteiger partial charge in [0.25, 0.3) is 0 Å². The predicted octanol–water partition coefficient (Wildman–Crippen LogP) is 3.24. The van der Waals surface area contributed by atoms with E-state index in [1.54, 1.807) is 6.08 Å². The molecule has 4 aliphatic carbocycles.